The van der Waals surface area contributed by atoms with E-state index in [1.165, 1.54) is 31.0 Å². The van der Waals surface area contributed by atoms with Crippen LogP contribution in [-0.2, 0) is 4.74 Å². The highest BCUT2D eigenvalue weighted by Crippen LogP contribution is 2.30. The average molecular weight is 294 g/mol. The topological polar surface area (TPSA) is 76.2 Å². The Labute approximate surface area is 120 Å². The van der Waals surface area contributed by atoms with Gasteiger partial charge in [0.15, 0.2) is 0 Å². The van der Waals surface area contributed by atoms with E-state index in [-0.39, 0.29) is 16.8 Å². The maximum absolute atomic E-state index is 14.1. The number of esters is 1. The number of ether oxygens (including phenoxy) is 1. The van der Waals surface area contributed by atoms with Gasteiger partial charge in [0.1, 0.15) is 5.82 Å². The molecule has 4 nitrogen and oxygen atoms in total. The second-order valence-electron chi connectivity index (χ2n) is 4.37. The maximum atomic E-state index is 14.1. The quantitative estimate of drug-likeness (QED) is 0.664. The van der Waals surface area contributed by atoms with Crippen molar-refractivity contribution < 1.29 is 13.9 Å². The van der Waals surface area contributed by atoms with Crippen molar-refractivity contribution in [1.29, 1.82) is 5.41 Å². The largest absolute Gasteiger partial charge is 0.465 e. The summed E-state index contributed by atoms with van der Waals surface area (Å²) in [6, 6.07) is 3.95. The molecule has 1 aromatic carbocycles. The molecule has 0 bridgehead atoms. The molecule has 0 saturated heterocycles. The fourth-order valence-corrected chi connectivity index (χ4v) is 3.00. The number of halogens is 1. The van der Waals surface area contributed by atoms with Crippen LogP contribution in [0.4, 0.5) is 4.39 Å². The van der Waals surface area contributed by atoms with Crippen LogP contribution in [0.1, 0.15) is 28.8 Å². The van der Waals surface area contributed by atoms with Gasteiger partial charge in [-0.2, -0.15) is 0 Å². The number of methoxy groups -OCH3 is 1. The summed E-state index contributed by atoms with van der Waals surface area (Å²) in [7, 11) is 1.24. The second-order valence-corrected chi connectivity index (χ2v) is 5.47. The van der Waals surface area contributed by atoms with E-state index in [2.05, 4.69) is 4.74 Å². The summed E-state index contributed by atoms with van der Waals surface area (Å²) in [5.41, 5.74) is 6.85. The lowest BCUT2D eigenvalue weighted by molar-refractivity contribution is 0.0600. The smallest absolute Gasteiger partial charge is 0.337 e. The average Bonchev–Trinajstić information content (AvgIpc) is 2.46. The molecule has 1 aliphatic rings. The first-order chi connectivity index (χ1) is 9.54. The van der Waals surface area contributed by atoms with Gasteiger partial charge in [-0.3, -0.25) is 5.41 Å². The van der Waals surface area contributed by atoms with Crippen LogP contribution >= 0.6 is 11.8 Å². The first kappa shape index (κ1) is 14.6. The molecule has 0 aliphatic carbocycles. The monoisotopic (exact) mass is 294 g/mol. The van der Waals surface area contributed by atoms with Gasteiger partial charge in [-0.1, -0.05) is 0 Å². The first-order valence-corrected chi connectivity index (χ1v) is 7.11. The molecule has 0 saturated carbocycles. The minimum Gasteiger partial charge on any atom is -0.465 e. The summed E-state index contributed by atoms with van der Waals surface area (Å²) in [5, 5.41) is 8.10. The van der Waals surface area contributed by atoms with Crippen molar-refractivity contribution in [3.8, 4) is 0 Å². The third-order valence-corrected chi connectivity index (χ3v) is 4.26. The molecule has 1 aliphatic heterocycles. The molecule has 106 valence electrons. The molecule has 20 heavy (non-hydrogen) atoms. The maximum Gasteiger partial charge on any atom is 0.337 e. The fourth-order valence-electron chi connectivity index (χ4n) is 1.96. The molecule has 0 spiro atoms. The highest BCUT2D eigenvalue weighted by molar-refractivity contribution is 8.04. The van der Waals surface area contributed by atoms with Crippen LogP contribution in [0, 0.1) is 11.2 Å². The number of benzene rings is 1. The van der Waals surface area contributed by atoms with Crippen LogP contribution in [0.2, 0.25) is 0 Å². The number of hydrogen-bond donors (Lipinski definition) is 2. The van der Waals surface area contributed by atoms with Crippen LogP contribution in [0.25, 0.3) is 0 Å². The molecule has 1 aromatic rings. The Morgan fingerprint density at radius 1 is 1.50 bits per heavy atom. The van der Waals surface area contributed by atoms with E-state index in [1.54, 1.807) is 0 Å². The summed E-state index contributed by atoms with van der Waals surface area (Å²) in [4.78, 5) is 12.0. The molecule has 0 aromatic heterocycles. The zero-order chi connectivity index (χ0) is 14.7. The molecule has 0 radical (unpaired) electrons. The Morgan fingerprint density at radius 3 is 2.85 bits per heavy atom. The van der Waals surface area contributed by atoms with Gasteiger partial charge in [-0.05, 0) is 36.8 Å². The van der Waals surface area contributed by atoms with Crippen molar-refractivity contribution in [1.82, 2.24) is 0 Å². The molecule has 0 amide bonds. The van der Waals surface area contributed by atoms with Crippen LogP contribution in [0.3, 0.4) is 0 Å². The van der Waals surface area contributed by atoms with Crippen molar-refractivity contribution in [2.24, 2.45) is 5.73 Å². The molecular formula is C14H15FN2O2S. The molecule has 6 heteroatoms. The Kier molecular flexibility index (Phi) is 4.44. The minimum atomic E-state index is -0.621. The third-order valence-electron chi connectivity index (χ3n) is 3.02. The summed E-state index contributed by atoms with van der Waals surface area (Å²) in [6.45, 7) is 0. The number of nitrogens with one attached hydrogen (secondary N) is 1. The van der Waals surface area contributed by atoms with Gasteiger partial charge >= 0.3 is 5.97 Å². The van der Waals surface area contributed by atoms with E-state index < -0.39 is 11.8 Å². The Morgan fingerprint density at radius 2 is 2.25 bits per heavy atom. The van der Waals surface area contributed by atoms with Crippen molar-refractivity contribution in [2.75, 3.05) is 12.9 Å². The number of allylic oxidation sites excluding steroid dienone is 2. The number of rotatable bonds is 3. The Hall–Kier alpha value is -1.82. The van der Waals surface area contributed by atoms with E-state index in [0.717, 1.165) is 24.7 Å². The lowest BCUT2D eigenvalue weighted by atomic mass is 10.0. The number of hydrogen-bond acceptors (Lipinski definition) is 5. The highest BCUT2D eigenvalue weighted by Gasteiger charge is 2.20. The molecule has 2 rings (SSSR count). The van der Waals surface area contributed by atoms with E-state index in [9.17, 15) is 9.18 Å². The van der Waals surface area contributed by atoms with Gasteiger partial charge in [0.25, 0.3) is 0 Å². The Bertz CT molecular complexity index is 599. The molecule has 0 fully saturated rings. The van der Waals surface area contributed by atoms with Crippen molar-refractivity contribution >= 4 is 23.4 Å². The summed E-state index contributed by atoms with van der Waals surface area (Å²) >= 11 is 1.47. The molecule has 3 N–H and O–H groups in total. The second kappa shape index (κ2) is 6.09. The SMILES string of the molecule is COC(=O)c1ccc(C(=N)C2=C(N)CCCS2)c(F)c1. The van der Waals surface area contributed by atoms with E-state index in [4.69, 9.17) is 11.1 Å². The molecule has 0 unspecified atom stereocenters. The molecular weight excluding hydrogens is 279 g/mol. The van der Waals surface area contributed by atoms with Gasteiger partial charge in [-0.25, -0.2) is 9.18 Å². The summed E-state index contributed by atoms with van der Waals surface area (Å²) < 4.78 is 18.6. The van der Waals surface area contributed by atoms with Crippen molar-refractivity contribution in [3.05, 3.63) is 45.7 Å². The third kappa shape index (κ3) is 2.85. The number of carbonyl (C=O) groups is 1. The lowest BCUT2D eigenvalue weighted by Gasteiger charge is -2.18. The summed E-state index contributed by atoms with van der Waals surface area (Å²) in [5.74, 6) is -0.350. The highest BCUT2D eigenvalue weighted by atomic mass is 32.2. The van der Waals surface area contributed by atoms with Crippen molar-refractivity contribution in [3.63, 3.8) is 0 Å². The van der Waals surface area contributed by atoms with Crippen LogP contribution in [0.5, 0.6) is 0 Å². The van der Waals surface area contributed by atoms with E-state index in [1.807, 2.05) is 0 Å². The van der Waals surface area contributed by atoms with Gasteiger partial charge in [0.05, 0.1) is 23.3 Å². The van der Waals surface area contributed by atoms with Gasteiger partial charge in [0.2, 0.25) is 0 Å². The predicted octanol–water partition coefficient (Wildman–Crippen LogP) is 2.68. The Balaban J connectivity index is 2.34. The van der Waals surface area contributed by atoms with Crippen LogP contribution in [-0.4, -0.2) is 24.5 Å². The normalized spacial score (nSPS) is 15.1. The van der Waals surface area contributed by atoms with Crippen molar-refractivity contribution in [2.45, 2.75) is 12.8 Å². The van der Waals surface area contributed by atoms with Gasteiger partial charge in [0, 0.05) is 11.3 Å². The summed E-state index contributed by atoms with van der Waals surface area (Å²) in [6.07, 6.45) is 1.70. The standard InChI is InChI=1S/C14H15FN2O2S/c1-19-14(18)8-4-5-9(10(15)7-8)12(17)13-11(16)3-2-6-20-13/h4-5,7,17H,2-3,6,16H2,1H3. The minimum absolute atomic E-state index is 0.0705. The zero-order valence-corrected chi connectivity index (χ0v) is 11.8. The number of carbonyl (C=O) groups excluding carboxylic acids is 1. The van der Waals surface area contributed by atoms with Crippen LogP contribution < -0.4 is 5.73 Å². The predicted molar refractivity (Wildman–Crippen MR) is 77.5 cm³/mol. The number of nitrogens with two attached hydrogens (primary N) is 1. The van der Waals surface area contributed by atoms with Gasteiger partial charge < -0.3 is 10.5 Å². The van der Waals surface area contributed by atoms with E-state index >= 15 is 0 Å². The first-order valence-electron chi connectivity index (χ1n) is 6.13. The molecule has 0 atom stereocenters. The van der Waals surface area contributed by atoms with E-state index in [0.29, 0.717) is 10.6 Å². The van der Waals surface area contributed by atoms with Crippen LogP contribution in [0.15, 0.2) is 28.8 Å². The number of thioether (sulfide) groups is 1. The fraction of sp³-hybridized carbons (Fsp3) is 0.286. The van der Waals surface area contributed by atoms with Gasteiger partial charge in [-0.15, -0.1) is 11.8 Å². The molecule has 1 heterocycles. The lowest BCUT2D eigenvalue weighted by Crippen LogP contribution is -2.15. The zero-order valence-electron chi connectivity index (χ0n) is 11.0.